The molecule has 6 nitrogen and oxygen atoms in total. The normalized spacial score (nSPS) is 21.8. The van der Waals surface area contributed by atoms with Gasteiger partial charge in [-0.3, -0.25) is 4.79 Å². The van der Waals surface area contributed by atoms with E-state index in [-0.39, 0.29) is 18.1 Å². The van der Waals surface area contributed by atoms with Crippen LogP contribution in [0.25, 0.3) is 0 Å². The van der Waals surface area contributed by atoms with E-state index in [1.807, 2.05) is 17.2 Å². The number of aliphatic hydroxyl groups excluding tert-OH is 1. The highest BCUT2D eigenvalue weighted by molar-refractivity contribution is 7.09. The molecule has 1 N–H and O–H groups in total. The van der Waals surface area contributed by atoms with Crippen LogP contribution in [-0.4, -0.2) is 64.2 Å². The number of ether oxygens (including phenoxy) is 1. The summed E-state index contributed by atoms with van der Waals surface area (Å²) in [6.07, 6.45) is 6.73. The summed E-state index contributed by atoms with van der Waals surface area (Å²) >= 11 is 1.51. The van der Waals surface area contributed by atoms with Crippen molar-refractivity contribution in [2.75, 3.05) is 32.8 Å². The van der Waals surface area contributed by atoms with E-state index in [1.54, 1.807) is 0 Å². The number of nitrogens with zero attached hydrogens (tertiary/aromatic N) is 3. The molecule has 30 heavy (non-hydrogen) atoms. The van der Waals surface area contributed by atoms with E-state index >= 15 is 0 Å². The summed E-state index contributed by atoms with van der Waals surface area (Å²) in [7, 11) is 0. The van der Waals surface area contributed by atoms with Crippen molar-refractivity contribution in [3.8, 4) is 0 Å². The Morgan fingerprint density at radius 2 is 2.10 bits per heavy atom. The number of aromatic nitrogens is 1. The van der Waals surface area contributed by atoms with Gasteiger partial charge >= 0.3 is 0 Å². The fourth-order valence-electron chi connectivity index (χ4n) is 4.13. The molecule has 0 aliphatic carbocycles. The number of aliphatic hydroxyl groups is 1. The Hall–Kier alpha value is -2.22. The number of carbonyl (C=O) groups excluding carboxylic acids is 1. The van der Waals surface area contributed by atoms with Gasteiger partial charge in [-0.05, 0) is 49.6 Å². The number of amides is 1. The summed E-state index contributed by atoms with van der Waals surface area (Å²) in [5.74, 6) is 0.00387. The minimum absolute atomic E-state index is 0.00387. The second-order valence-corrected chi connectivity index (χ2v) is 9.10. The Labute approximate surface area is 181 Å². The lowest BCUT2D eigenvalue weighted by molar-refractivity contribution is -0.0179. The molecule has 0 radical (unpaired) electrons. The predicted molar refractivity (Wildman–Crippen MR) is 117 cm³/mol. The minimum atomic E-state index is -0.289. The zero-order valence-electron chi connectivity index (χ0n) is 17.4. The van der Waals surface area contributed by atoms with Crippen molar-refractivity contribution < 1.29 is 14.6 Å². The van der Waals surface area contributed by atoms with Gasteiger partial charge in [0.1, 0.15) is 5.69 Å². The third kappa shape index (κ3) is 4.91. The van der Waals surface area contributed by atoms with Crippen LogP contribution >= 0.6 is 11.3 Å². The Balaban J connectivity index is 1.36. The summed E-state index contributed by atoms with van der Waals surface area (Å²) in [6.45, 7) is 5.69. The fourth-order valence-corrected chi connectivity index (χ4v) is 4.72. The van der Waals surface area contributed by atoms with Crippen molar-refractivity contribution in [2.24, 2.45) is 0 Å². The smallest absolute Gasteiger partial charge is 0.273 e. The number of benzene rings is 1. The van der Waals surface area contributed by atoms with Gasteiger partial charge in [0.15, 0.2) is 0 Å². The predicted octanol–water partition coefficient (Wildman–Crippen LogP) is 3.01. The Kier molecular flexibility index (Phi) is 6.51. The molecule has 0 bridgehead atoms. The van der Waals surface area contributed by atoms with Crippen molar-refractivity contribution in [1.29, 1.82) is 0 Å². The third-order valence-electron chi connectivity index (χ3n) is 5.87. The van der Waals surface area contributed by atoms with E-state index in [2.05, 4.69) is 46.4 Å². The van der Waals surface area contributed by atoms with E-state index in [1.165, 1.54) is 22.5 Å². The second kappa shape index (κ2) is 9.29. The van der Waals surface area contributed by atoms with E-state index in [0.717, 1.165) is 30.9 Å². The van der Waals surface area contributed by atoms with Gasteiger partial charge in [-0.15, -0.1) is 11.3 Å². The highest BCUT2D eigenvalue weighted by atomic mass is 32.1. The maximum Gasteiger partial charge on any atom is 0.273 e. The molecule has 2 aliphatic rings. The van der Waals surface area contributed by atoms with Gasteiger partial charge in [0, 0.05) is 38.2 Å². The van der Waals surface area contributed by atoms with E-state index < -0.39 is 0 Å². The van der Waals surface area contributed by atoms with E-state index in [9.17, 15) is 4.79 Å². The molecule has 3 heterocycles. The molecular weight excluding hydrogens is 398 g/mol. The number of aryl methyl sites for hydroxylation is 1. The first-order chi connectivity index (χ1) is 14.6. The van der Waals surface area contributed by atoms with Gasteiger partial charge in [-0.1, -0.05) is 24.3 Å². The molecule has 1 amide bonds. The monoisotopic (exact) mass is 427 g/mol. The standard InChI is InChI=1S/C23H29N3O3S/c1-18-24-21(17-30-18)22(28)26-11-8-23(29-14-12-26)6-9-25(10-7-23)16-20-4-2-3-19(15-20)5-13-27/h2-4,6,9,15,17,27H,5,7-8,10-14,16H2,1H3. The molecule has 7 heteroatoms. The molecule has 1 spiro atoms. The fraction of sp³-hybridized carbons (Fsp3) is 0.478. The average Bonchev–Trinajstić information content (AvgIpc) is 3.08. The maximum atomic E-state index is 12.7. The van der Waals surface area contributed by atoms with Gasteiger partial charge in [0.25, 0.3) is 5.91 Å². The lowest BCUT2D eigenvalue weighted by Gasteiger charge is -2.36. The van der Waals surface area contributed by atoms with Crippen LogP contribution < -0.4 is 0 Å². The van der Waals surface area contributed by atoms with Crippen LogP contribution in [0.5, 0.6) is 0 Å². The number of hydrogen-bond acceptors (Lipinski definition) is 6. The van der Waals surface area contributed by atoms with Gasteiger partial charge in [-0.2, -0.15) is 0 Å². The summed E-state index contributed by atoms with van der Waals surface area (Å²) in [4.78, 5) is 21.3. The molecule has 1 aromatic carbocycles. The van der Waals surface area contributed by atoms with E-state index in [4.69, 9.17) is 9.84 Å². The van der Waals surface area contributed by atoms with Gasteiger partial charge in [-0.25, -0.2) is 4.98 Å². The molecule has 160 valence electrons. The molecule has 4 rings (SSSR count). The van der Waals surface area contributed by atoms with Crippen LogP contribution in [0.4, 0.5) is 0 Å². The number of carbonyl (C=O) groups is 1. The first-order valence-electron chi connectivity index (χ1n) is 10.5. The summed E-state index contributed by atoms with van der Waals surface area (Å²) in [5, 5.41) is 11.9. The molecule has 2 aromatic rings. The topological polar surface area (TPSA) is 65.9 Å². The zero-order chi connectivity index (χ0) is 21.0. The molecule has 1 fully saturated rings. The molecule has 1 unspecified atom stereocenters. The van der Waals surface area contributed by atoms with Crippen molar-refractivity contribution in [3.63, 3.8) is 0 Å². The van der Waals surface area contributed by atoms with Crippen molar-refractivity contribution in [1.82, 2.24) is 14.8 Å². The molecule has 1 saturated heterocycles. The van der Waals surface area contributed by atoms with Crippen LogP contribution in [0.2, 0.25) is 0 Å². The third-order valence-corrected chi connectivity index (χ3v) is 6.64. The molecule has 1 aromatic heterocycles. The van der Waals surface area contributed by atoms with Crippen molar-refractivity contribution in [2.45, 2.75) is 38.3 Å². The minimum Gasteiger partial charge on any atom is -0.396 e. The van der Waals surface area contributed by atoms with Gasteiger partial charge in [0.2, 0.25) is 0 Å². The molecule has 0 saturated carbocycles. The number of hydrogen-bond donors (Lipinski definition) is 1. The lowest BCUT2D eigenvalue weighted by Crippen LogP contribution is -2.39. The van der Waals surface area contributed by atoms with Gasteiger partial charge in [0.05, 0.1) is 17.2 Å². The lowest BCUT2D eigenvalue weighted by atomic mass is 9.92. The van der Waals surface area contributed by atoms with Crippen LogP contribution in [0.1, 0.15) is 39.5 Å². The first-order valence-corrected chi connectivity index (χ1v) is 11.4. The van der Waals surface area contributed by atoms with E-state index in [0.29, 0.717) is 31.8 Å². The maximum absolute atomic E-state index is 12.7. The Bertz CT molecular complexity index is 913. The quantitative estimate of drug-likeness (QED) is 0.795. The second-order valence-electron chi connectivity index (χ2n) is 8.04. The van der Waals surface area contributed by atoms with Crippen LogP contribution in [0, 0.1) is 6.92 Å². The summed E-state index contributed by atoms with van der Waals surface area (Å²) < 4.78 is 6.25. The molecular formula is C23H29N3O3S. The number of thiazole rings is 1. The first kappa shape index (κ1) is 21.0. The molecule has 1 atom stereocenters. The Morgan fingerprint density at radius 1 is 1.27 bits per heavy atom. The largest absolute Gasteiger partial charge is 0.396 e. The van der Waals surface area contributed by atoms with Crippen LogP contribution in [-0.2, 0) is 17.7 Å². The molecule has 2 aliphatic heterocycles. The van der Waals surface area contributed by atoms with Crippen molar-refractivity contribution in [3.05, 3.63) is 63.7 Å². The highest BCUT2D eigenvalue weighted by Gasteiger charge is 2.35. The SMILES string of the molecule is Cc1nc(C(=O)N2CCOC3(C=CN(Cc4cccc(CCO)c4)CC3)CC2)cs1. The Morgan fingerprint density at radius 3 is 2.83 bits per heavy atom. The highest BCUT2D eigenvalue weighted by Crippen LogP contribution is 2.30. The van der Waals surface area contributed by atoms with Crippen LogP contribution in [0.15, 0.2) is 41.9 Å². The number of rotatable bonds is 5. The summed E-state index contributed by atoms with van der Waals surface area (Å²) in [6, 6.07) is 8.41. The summed E-state index contributed by atoms with van der Waals surface area (Å²) in [5.41, 5.74) is 2.67. The average molecular weight is 428 g/mol. The zero-order valence-corrected chi connectivity index (χ0v) is 18.2. The van der Waals surface area contributed by atoms with Crippen molar-refractivity contribution >= 4 is 17.2 Å². The van der Waals surface area contributed by atoms with Crippen LogP contribution in [0.3, 0.4) is 0 Å². The van der Waals surface area contributed by atoms with Gasteiger partial charge < -0.3 is 19.6 Å².